The molecule has 1 fully saturated rings. The molecule has 1 aliphatic rings. The molecule has 0 radical (unpaired) electrons. The number of hydrogen-bond acceptors (Lipinski definition) is 3. The van der Waals surface area contributed by atoms with Crippen molar-refractivity contribution in [1.29, 1.82) is 0 Å². The number of benzene rings is 1. The first-order valence-electron chi connectivity index (χ1n) is 5.99. The standard InChI is InChI=1S/C13H11ClF3NO2/c14-9-5-8(13(15,16)17)6-10(20)11(9)12(18-7-19)3-1-2-4-12/h5-6,20H,1-4H2. The minimum atomic E-state index is -4.60. The minimum Gasteiger partial charge on any atom is -0.508 e. The van der Waals surface area contributed by atoms with E-state index in [1.54, 1.807) is 0 Å². The van der Waals surface area contributed by atoms with Crippen molar-refractivity contribution >= 4 is 17.7 Å². The number of isocyanates is 1. The van der Waals surface area contributed by atoms with E-state index in [4.69, 9.17) is 11.6 Å². The summed E-state index contributed by atoms with van der Waals surface area (Å²) in [4.78, 5) is 14.3. The number of hydrogen-bond donors (Lipinski definition) is 1. The SMILES string of the molecule is O=C=NC1(c2c(O)cc(C(F)(F)F)cc2Cl)CCCC1. The zero-order valence-corrected chi connectivity index (χ0v) is 11.1. The number of halogens is 4. The molecule has 0 aromatic heterocycles. The average molecular weight is 306 g/mol. The van der Waals surface area contributed by atoms with E-state index >= 15 is 0 Å². The van der Waals surface area contributed by atoms with E-state index in [1.807, 2.05) is 0 Å². The van der Waals surface area contributed by atoms with Crippen molar-refractivity contribution in [3.05, 3.63) is 28.3 Å². The molecule has 1 aromatic carbocycles. The van der Waals surface area contributed by atoms with Crippen molar-refractivity contribution < 1.29 is 23.1 Å². The molecule has 0 amide bonds. The first kappa shape index (κ1) is 14.9. The third-order valence-electron chi connectivity index (χ3n) is 3.55. The van der Waals surface area contributed by atoms with Crippen molar-refractivity contribution in [2.75, 3.05) is 0 Å². The number of aromatic hydroxyl groups is 1. The maximum Gasteiger partial charge on any atom is 0.416 e. The Bertz CT molecular complexity index is 550. The third kappa shape index (κ3) is 2.53. The number of carbonyl (C=O) groups excluding carboxylic acids is 1. The molecule has 2 rings (SSSR count). The normalized spacial score (nSPS) is 17.8. The van der Waals surface area contributed by atoms with Gasteiger partial charge in [-0.3, -0.25) is 0 Å². The molecule has 0 aliphatic heterocycles. The predicted octanol–water partition coefficient (Wildman–Crippen LogP) is 4.17. The van der Waals surface area contributed by atoms with Gasteiger partial charge in [-0.2, -0.15) is 18.2 Å². The van der Waals surface area contributed by atoms with E-state index < -0.39 is 23.0 Å². The molecule has 0 heterocycles. The van der Waals surface area contributed by atoms with Crippen LogP contribution < -0.4 is 0 Å². The van der Waals surface area contributed by atoms with Crippen molar-refractivity contribution in [3.8, 4) is 5.75 Å². The van der Waals surface area contributed by atoms with E-state index in [-0.39, 0.29) is 10.6 Å². The van der Waals surface area contributed by atoms with Crippen LogP contribution in [0.4, 0.5) is 13.2 Å². The molecular formula is C13H11ClF3NO2. The Labute approximate surface area is 118 Å². The Kier molecular flexibility index (Phi) is 3.80. The topological polar surface area (TPSA) is 49.7 Å². The molecule has 0 spiro atoms. The van der Waals surface area contributed by atoms with E-state index in [1.165, 1.54) is 6.08 Å². The number of nitrogens with zero attached hydrogens (tertiary/aromatic N) is 1. The van der Waals surface area contributed by atoms with Crippen LogP contribution in [0, 0.1) is 0 Å². The van der Waals surface area contributed by atoms with E-state index in [9.17, 15) is 23.1 Å². The largest absolute Gasteiger partial charge is 0.508 e. The van der Waals surface area contributed by atoms with E-state index in [0.29, 0.717) is 18.9 Å². The van der Waals surface area contributed by atoms with Gasteiger partial charge in [-0.25, -0.2) is 4.79 Å². The highest BCUT2D eigenvalue weighted by Crippen LogP contribution is 2.49. The van der Waals surface area contributed by atoms with Gasteiger partial charge in [0.2, 0.25) is 6.08 Å². The van der Waals surface area contributed by atoms with Gasteiger partial charge in [0.05, 0.1) is 10.6 Å². The molecule has 20 heavy (non-hydrogen) atoms. The minimum absolute atomic E-state index is 0.0769. The first-order chi connectivity index (χ1) is 9.30. The number of rotatable bonds is 2. The lowest BCUT2D eigenvalue weighted by Crippen LogP contribution is -2.20. The molecule has 0 atom stereocenters. The molecule has 0 bridgehead atoms. The summed E-state index contributed by atoms with van der Waals surface area (Å²) in [6, 6.07) is 1.36. The lowest BCUT2D eigenvalue weighted by Gasteiger charge is -2.25. The van der Waals surface area contributed by atoms with Gasteiger partial charge in [-0.1, -0.05) is 24.4 Å². The number of phenols is 1. The lowest BCUT2D eigenvalue weighted by atomic mass is 9.87. The number of phenolic OH excluding ortho intramolecular Hbond substituents is 1. The zero-order chi connectivity index (χ0) is 15.0. The average Bonchev–Trinajstić information content (AvgIpc) is 2.76. The van der Waals surface area contributed by atoms with Crippen LogP contribution in [-0.2, 0) is 16.5 Å². The molecule has 3 nitrogen and oxygen atoms in total. The summed E-state index contributed by atoms with van der Waals surface area (Å²) < 4.78 is 37.9. The Balaban J connectivity index is 2.60. The predicted molar refractivity (Wildman–Crippen MR) is 66.4 cm³/mol. The fourth-order valence-electron chi connectivity index (χ4n) is 2.68. The van der Waals surface area contributed by atoms with Crippen LogP contribution in [0.3, 0.4) is 0 Å². The summed E-state index contributed by atoms with van der Waals surface area (Å²) in [6.45, 7) is 0. The maximum atomic E-state index is 12.6. The van der Waals surface area contributed by atoms with Gasteiger partial charge in [-0.05, 0) is 25.0 Å². The molecule has 108 valence electrons. The first-order valence-corrected chi connectivity index (χ1v) is 6.37. The Morgan fingerprint density at radius 2 is 1.90 bits per heavy atom. The van der Waals surface area contributed by atoms with Crippen molar-refractivity contribution in [2.45, 2.75) is 37.4 Å². The van der Waals surface area contributed by atoms with Crippen LogP contribution in [0.2, 0.25) is 5.02 Å². The molecule has 1 saturated carbocycles. The second kappa shape index (κ2) is 5.11. The zero-order valence-electron chi connectivity index (χ0n) is 10.3. The highest BCUT2D eigenvalue weighted by molar-refractivity contribution is 6.31. The van der Waals surface area contributed by atoms with Gasteiger partial charge in [0.25, 0.3) is 0 Å². The maximum absolute atomic E-state index is 12.6. The van der Waals surface area contributed by atoms with Crippen molar-refractivity contribution in [3.63, 3.8) is 0 Å². The summed E-state index contributed by atoms with van der Waals surface area (Å²) in [7, 11) is 0. The van der Waals surface area contributed by atoms with E-state index in [2.05, 4.69) is 4.99 Å². The van der Waals surface area contributed by atoms with Crippen LogP contribution in [0.5, 0.6) is 5.75 Å². The quantitative estimate of drug-likeness (QED) is 0.658. The van der Waals surface area contributed by atoms with Crippen LogP contribution in [-0.4, -0.2) is 11.2 Å². The lowest BCUT2D eigenvalue weighted by molar-refractivity contribution is -0.137. The molecule has 0 unspecified atom stereocenters. The van der Waals surface area contributed by atoms with Gasteiger partial charge in [-0.15, -0.1) is 0 Å². The van der Waals surface area contributed by atoms with Crippen molar-refractivity contribution in [1.82, 2.24) is 0 Å². The Morgan fingerprint density at radius 1 is 1.30 bits per heavy atom. The second-order valence-corrected chi connectivity index (χ2v) is 5.20. The molecule has 1 N–H and O–H groups in total. The summed E-state index contributed by atoms with van der Waals surface area (Å²) in [5.41, 5.74) is -2.02. The fourth-order valence-corrected chi connectivity index (χ4v) is 3.07. The molecule has 1 aromatic rings. The number of alkyl halides is 3. The van der Waals surface area contributed by atoms with Gasteiger partial charge in [0.1, 0.15) is 11.3 Å². The monoisotopic (exact) mass is 305 g/mol. The fraction of sp³-hybridized carbons (Fsp3) is 0.462. The summed E-state index contributed by atoms with van der Waals surface area (Å²) >= 11 is 5.90. The van der Waals surface area contributed by atoms with Crippen LogP contribution in [0.15, 0.2) is 17.1 Å². The molecular weight excluding hydrogens is 295 g/mol. The second-order valence-electron chi connectivity index (χ2n) is 4.79. The third-order valence-corrected chi connectivity index (χ3v) is 3.85. The number of aliphatic imine (C=N–C) groups is 1. The van der Waals surface area contributed by atoms with Gasteiger partial charge in [0.15, 0.2) is 0 Å². The smallest absolute Gasteiger partial charge is 0.416 e. The molecule has 1 aliphatic carbocycles. The highest BCUT2D eigenvalue weighted by atomic mass is 35.5. The van der Waals surface area contributed by atoms with Crippen molar-refractivity contribution in [2.24, 2.45) is 4.99 Å². The highest BCUT2D eigenvalue weighted by Gasteiger charge is 2.41. The van der Waals surface area contributed by atoms with Crippen LogP contribution >= 0.6 is 11.6 Å². The van der Waals surface area contributed by atoms with Gasteiger partial charge < -0.3 is 5.11 Å². The van der Waals surface area contributed by atoms with Gasteiger partial charge >= 0.3 is 6.18 Å². The summed E-state index contributed by atoms with van der Waals surface area (Å²) in [6.07, 6.45) is -0.775. The summed E-state index contributed by atoms with van der Waals surface area (Å²) in [5, 5.41) is 9.68. The van der Waals surface area contributed by atoms with Crippen LogP contribution in [0.1, 0.15) is 36.8 Å². The molecule has 0 saturated heterocycles. The molecule has 7 heteroatoms. The Hall–Kier alpha value is -1.52. The Morgan fingerprint density at radius 3 is 2.35 bits per heavy atom. The van der Waals surface area contributed by atoms with Crippen LogP contribution in [0.25, 0.3) is 0 Å². The van der Waals surface area contributed by atoms with Gasteiger partial charge in [0, 0.05) is 5.56 Å². The summed E-state index contributed by atoms with van der Waals surface area (Å²) in [5.74, 6) is -0.592. The van der Waals surface area contributed by atoms with E-state index in [0.717, 1.165) is 18.9 Å².